The fourth-order valence-corrected chi connectivity index (χ4v) is 3.94. The second kappa shape index (κ2) is 12.0. The zero-order chi connectivity index (χ0) is 22.1. The normalized spacial score (nSPS) is 18.7. The van der Waals surface area contributed by atoms with Gasteiger partial charge in [-0.1, -0.05) is 23.2 Å². The maximum absolute atomic E-state index is 9.55. The van der Waals surface area contributed by atoms with E-state index in [1.807, 2.05) is 0 Å². The molecule has 1 aromatic carbocycles. The van der Waals surface area contributed by atoms with Crippen LogP contribution < -0.4 is 9.47 Å². The van der Waals surface area contributed by atoms with Gasteiger partial charge in [0, 0.05) is 35.8 Å². The van der Waals surface area contributed by atoms with E-state index in [9.17, 15) is 9.59 Å². The Kier molecular flexibility index (Phi) is 9.75. The molecule has 2 N–H and O–H groups in total. The van der Waals surface area contributed by atoms with Crippen molar-refractivity contribution in [3.8, 4) is 11.5 Å². The van der Waals surface area contributed by atoms with Crippen molar-refractivity contribution < 1.29 is 29.3 Å². The summed E-state index contributed by atoms with van der Waals surface area (Å²) in [5, 5.41) is 16.7. The number of benzene rings is 1. The summed E-state index contributed by atoms with van der Waals surface area (Å²) < 4.78 is 11.2. The first-order chi connectivity index (χ1) is 14.3. The van der Waals surface area contributed by atoms with E-state index in [4.69, 9.17) is 42.9 Å². The number of halogens is 2. The van der Waals surface area contributed by atoms with Crippen molar-refractivity contribution in [1.29, 1.82) is 0 Å². The highest BCUT2D eigenvalue weighted by atomic mass is 35.5. The first-order valence-electron chi connectivity index (χ1n) is 9.84. The van der Waals surface area contributed by atoms with Gasteiger partial charge >= 0.3 is 11.9 Å². The van der Waals surface area contributed by atoms with Crippen LogP contribution in [0.15, 0.2) is 24.3 Å². The number of rotatable bonds is 9. The number of likely N-dealkylation sites (tertiary alicyclic amines) is 1. The van der Waals surface area contributed by atoms with E-state index < -0.39 is 11.9 Å². The molecule has 3 rings (SSSR count). The van der Waals surface area contributed by atoms with Crippen LogP contribution in [0.4, 0.5) is 0 Å². The molecule has 1 saturated carbocycles. The maximum atomic E-state index is 9.55. The van der Waals surface area contributed by atoms with Crippen LogP contribution in [0, 0.1) is 5.92 Å². The van der Waals surface area contributed by atoms with Gasteiger partial charge in [0.25, 0.3) is 0 Å². The van der Waals surface area contributed by atoms with Crippen molar-refractivity contribution in [2.45, 2.75) is 38.1 Å². The number of carboxylic acid groups (broad SMARTS) is 2. The molecule has 1 unspecified atom stereocenters. The lowest BCUT2D eigenvalue weighted by Gasteiger charge is -2.24. The highest BCUT2D eigenvalue weighted by Gasteiger charge is 2.30. The zero-order valence-corrected chi connectivity index (χ0v) is 18.4. The summed E-state index contributed by atoms with van der Waals surface area (Å²) >= 11 is 12.2. The molecule has 0 aromatic heterocycles. The monoisotopic (exact) mass is 459 g/mol. The summed E-state index contributed by atoms with van der Waals surface area (Å²) in [7, 11) is 1.59. The first-order valence-corrected chi connectivity index (χ1v) is 10.6. The Bertz CT molecular complexity index is 750. The highest BCUT2D eigenvalue weighted by Crippen LogP contribution is 2.38. The molecule has 166 valence electrons. The standard InChI is InChI=1S/C17H23Cl2NO2.C4H4O4/c1-21-17-15(19)9-13(18)10-16(17)22-8-6-14-3-2-7-20(14)11-12-4-5-12;5-3(6)1-2-4(7)8/h9-10,12,14H,2-8,11H2,1H3;1-2H,(H,5,6)(H,7,8). The minimum absolute atomic E-state index is 0.487. The number of nitrogens with zero attached hydrogens (tertiary/aromatic N) is 1. The Labute approximate surface area is 186 Å². The predicted molar refractivity (Wildman–Crippen MR) is 115 cm³/mol. The smallest absolute Gasteiger partial charge is 0.328 e. The summed E-state index contributed by atoms with van der Waals surface area (Å²) in [5.74, 6) is -0.368. The molecule has 1 aliphatic carbocycles. The molecule has 0 spiro atoms. The van der Waals surface area contributed by atoms with Crippen molar-refractivity contribution >= 4 is 35.1 Å². The molecule has 2 aliphatic rings. The molecule has 1 heterocycles. The third kappa shape index (κ3) is 8.42. The third-order valence-corrected chi connectivity index (χ3v) is 5.44. The van der Waals surface area contributed by atoms with Crippen molar-refractivity contribution in [1.82, 2.24) is 4.90 Å². The summed E-state index contributed by atoms with van der Waals surface area (Å²) in [6.07, 6.45) is 7.58. The minimum atomic E-state index is -1.26. The molecule has 30 heavy (non-hydrogen) atoms. The van der Waals surface area contributed by atoms with Crippen LogP contribution in [-0.4, -0.2) is 59.9 Å². The number of carbonyl (C=O) groups is 2. The second-order valence-electron chi connectivity index (χ2n) is 7.30. The fraction of sp³-hybridized carbons (Fsp3) is 0.524. The molecular weight excluding hydrogens is 433 g/mol. The van der Waals surface area contributed by atoms with Crippen LogP contribution >= 0.6 is 23.2 Å². The number of hydrogen-bond acceptors (Lipinski definition) is 5. The quantitative estimate of drug-likeness (QED) is 0.529. The SMILES string of the molecule is COc1c(Cl)cc(Cl)cc1OCCC1CCCN1CC1CC1.O=C(O)C=CC(=O)O. The van der Waals surface area contributed by atoms with Gasteiger partial charge in [0.2, 0.25) is 0 Å². The second-order valence-corrected chi connectivity index (χ2v) is 8.14. The molecule has 7 nitrogen and oxygen atoms in total. The van der Waals surface area contributed by atoms with Crippen molar-refractivity contribution in [2.75, 3.05) is 26.8 Å². The van der Waals surface area contributed by atoms with Crippen LogP contribution in [0.1, 0.15) is 32.1 Å². The number of carboxylic acids is 2. The molecule has 9 heteroatoms. The molecule has 1 aliphatic heterocycles. The lowest BCUT2D eigenvalue weighted by molar-refractivity contribution is -0.134. The average molecular weight is 460 g/mol. The predicted octanol–water partition coefficient (Wildman–Crippen LogP) is 4.36. The Morgan fingerprint density at radius 1 is 1.17 bits per heavy atom. The molecule has 0 amide bonds. The Morgan fingerprint density at radius 3 is 2.40 bits per heavy atom. The van der Waals surface area contributed by atoms with Gasteiger partial charge in [0.15, 0.2) is 11.5 Å². The Morgan fingerprint density at radius 2 is 1.83 bits per heavy atom. The maximum Gasteiger partial charge on any atom is 0.328 e. The lowest BCUT2D eigenvalue weighted by Crippen LogP contribution is -2.32. The number of ether oxygens (including phenoxy) is 2. The van der Waals surface area contributed by atoms with E-state index in [-0.39, 0.29) is 0 Å². The van der Waals surface area contributed by atoms with Crippen LogP contribution in [0.25, 0.3) is 0 Å². The lowest BCUT2D eigenvalue weighted by atomic mass is 10.1. The molecular formula is C21H27Cl2NO6. The Hall–Kier alpha value is -1.96. The molecule has 2 fully saturated rings. The van der Waals surface area contributed by atoms with E-state index >= 15 is 0 Å². The van der Waals surface area contributed by atoms with E-state index in [2.05, 4.69) is 4.90 Å². The van der Waals surface area contributed by atoms with Gasteiger partial charge in [-0.15, -0.1) is 0 Å². The van der Waals surface area contributed by atoms with Gasteiger partial charge in [-0.25, -0.2) is 9.59 Å². The summed E-state index contributed by atoms with van der Waals surface area (Å²) in [5.41, 5.74) is 0. The Balaban J connectivity index is 0.000000343. The summed E-state index contributed by atoms with van der Waals surface area (Å²) in [6.45, 7) is 3.18. The molecule has 1 saturated heterocycles. The number of aliphatic carboxylic acids is 2. The summed E-state index contributed by atoms with van der Waals surface area (Å²) in [4.78, 5) is 21.7. The highest BCUT2D eigenvalue weighted by molar-refractivity contribution is 6.35. The third-order valence-electron chi connectivity index (χ3n) is 4.94. The minimum Gasteiger partial charge on any atom is -0.491 e. The van der Waals surface area contributed by atoms with E-state index in [1.165, 1.54) is 38.8 Å². The zero-order valence-electron chi connectivity index (χ0n) is 16.9. The van der Waals surface area contributed by atoms with Crippen LogP contribution in [0.5, 0.6) is 11.5 Å². The molecule has 1 aromatic rings. The average Bonchev–Trinajstić information content (AvgIpc) is 3.38. The van der Waals surface area contributed by atoms with Gasteiger partial charge < -0.3 is 19.7 Å². The van der Waals surface area contributed by atoms with Gasteiger partial charge in [0.1, 0.15) is 0 Å². The molecule has 1 atom stereocenters. The van der Waals surface area contributed by atoms with E-state index in [1.54, 1.807) is 19.2 Å². The summed E-state index contributed by atoms with van der Waals surface area (Å²) in [6, 6.07) is 4.09. The topological polar surface area (TPSA) is 96.3 Å². The van der Waals surface area contributed by atoms with Crippen LogP contribution in [-0.2, 0) is 9.59 Å². The van der Waals surface area contributed by atoms with Crippen molar-refractivity contribution in [2.24, 2.45) is 5.92 Å². The fourth-order valence-electron chi connectivity index (χ4n) is 3.38. The molecule has 0 radical (unpaired) electrons. The van der Waals surface area contributed by atoms with E-state index in [0.29, 0.717) is 46.3 Å². The van der Waals surface area contributed by atoms with Crippen LogP contribution in [0.2, 0.25) is 10.0 Å². The van der Waals surface area contributed by atoms with Crippen molar-refractivity contribution in [3.63, 3.8) is 0 Å². The van der Waals surface area contributed by atoms with Crippen LogP contribution in [0.3, 0.4) is 0 Å². The van der Waals surface area contributed by atoms with Crippen molar-refractivity contribution in [3.05, 3.63) is 34.3 Å². The number of methoxy groups -OCH3 is 1. The first kappa shape index (κ1) is 24.3. The largest absolute Gasteiger partial charge is 0.491 e. The molecule has 0 bridgehead atoms. The van der Waals surface area contributed by atoms with Gasteiger partial charge in [-0.2, -0.15) is 0 Å². The van der Waals surface area contributed by atoms with Gasteiger partial charge in [-0.05, 0) is 50.6 Å². The van der Waals surface area contributed by atoms with E-state index in [0.717, 1.165) is 12.3 Å². The van der Waals surface area contributed by atoms with Gasteiger partial charge in [-0.3, -0.25) is 4.90 Å². The number of hydrogen-bond donors (Lipinski definition) is 2. The van der Waals surface area contributed by atoms with Gasteiger partial charge in [0.05, 0.1) is 18.7 Å².